The molecule has 0 aromatic carbocycles. The number of aliphatic carboxylic acids is 1. The molecule has 4 nitrogen and oxygen atoms in total. The predicted molar refractivity (Wildman–Crippen MR) is 67.2 cm³/mol. The Morgan fingerprint density at radius 2 is 2.18 bits per heavy atom. The van der Waals surface area contributed by atoms with Gasteiger partial charge in [-0.15, -0.1) is 0 Å². The zero-order valence-corrected chi connectivity index (χ0v) is 11.0. The molecular formula is C13H25NO3. The third-order valence-electron chi connectivity index (χ3n) is 3.36. The highest BCUT2D eigenvalue weighted by Crippen LogP contribution is 2.19. The Hall–Kier alpha value is -0.610. The van der Waals surface area contributed by atoms with Crippen LogP contribution in [0.5, 0.6) is 0 Å². The Kier molecular flexibility index (Phi) is 6.52. The lowest BCUT2D eigenvalue weighted by atomic mass is 10.1. The third-order valence-corrected chi connectivity index (χ3v) is 3.36. The Morgan fingerprint density at radius 3 is 2.82 bits per heavy atom. The van der Waals surface area contributed by atoms with Crippen LogP contribution in [0.3, 0.4) is 0 Å². The van der Waals surface area contributed by atoms with Crippen LogP contribution in [-0.4, -0.2) is 47.8 Å². The molecule has 17 heavy (non-hydrogen) atoms. The molecule has 0 aromatic heterocycles. The van der Waals surface area contributed by atoms with Gasteiger partial charge in [-0.3, -0.25) is 9.69 Å². The van der Waals surface area contributed by atoms with Gasteiger partial charge in [-0.2, -0.15) is 0 Å². The highest BCUT2D eigenvalue weighted by Gasteiger charge is 2.23. The average Bonchev–Trinajstić information content (AvgIpc) is 2.49. The van der Waals surface area contributed by atoms with Crippen LogP contribution < -0.4 is 0 Å². The molecule has 0 aromatic rings. The van der Waals surface area contributed by atoms with Crippen molar-refractivity contribution in [1.82, 2.24) is 4.90 Å². The first-order valence-corrected chi connectivity index (χ1v) is 6.66. The van der Waals surface area contributed by atoms with Crippen molar-refractivity contribution < 1.29 is 14.6 Å². The Bertz CT molecular complexity index is 231. The maximum atomic E-state index is 10.4. The first-order valence-electron chi connectivity index (χ1n) is 6.66. The zero-order chi connectivity index (χ0) is 12.7. The molecule has 1 aliphatic rings. The number of nitrogens with zero attached hydrogens (tertiary/aromatic N) is 1. The van der Waals surface area contributed by atoms with Crippen LogP contribution in [0.4, 0.5) is 0 Å². The summed E-state index contributed by atoms with van der Waals surface area (Å²) in [6.45, 7) is 6.58. The number of carboxylic acids is 1. The van der Waals surface area contributed by atoms with Crippen molar-refractivity contribution in [2.75, 3.05) is 19.8 Å². The summed E-state index contributed by atoms with van der Waals surface area (Å²) >= 11 is 0. The fourth-order valence-corrected chi connectivity index (χ4v) is 2.44. The number of carbonyl (C=O) groups is 1. The molecule has 1 fully saturated rings. The van der Waals surface area contributed by atoms with E-state index >= 15 is 0 Å². The standard InChI is InChI=1S/C13H25NO3/c1-11(2)14-8-5-3-4-6-12(14)10-17-9-7-13(15)16/h11-12H,3-10H2,1-2H3,(H,15,16). The summed E-state index contributed by atoms with van der Waals surface area (Å²) < 4.78 is 5.50. The monoisotopic (exact) mass is 243 g/mol. The summed E-state index contributed by atoms with van der Waals surface area (Å²) in [5.41, 5.74) is 0. The van der Waals surface area contributed by atoms with Gasteiger partial charge < -0.3 is 9.84 Å². The van der Waals surface area contributed by atoms with E-state index in [0.717, 1.165) is 6.54 Å². The minimum Gasteiger partial charge on any atom is -0.481 e. The van der Waals surface area contributed by atoms with Crippen molar-refractivity contribution in [2.24, 2.45) is 0 Å². The number of rotatable bonds is 6. The van der Waals surface area contributed by atoms with Gasteiger partial charge in [0.2, 0.25) is 0 Å². The van der Waals surface area contributed by atoms with Gasteiger partial charge in [0.15, 0.2) is 0 Å². The maximum Gasteiger partial charge on any atom is 0.305 e. The summed E-state index contributed by atoms with van der Waals surface area (Å²) in [5.74, 6) is -0.786. The first kappa shape index (κ1) is 14.5. The third kappa shape index (κ3) is 5.50. The van der Waals surface area contributed by atoms with Gasteiger partial charge in [0, 0.05) is 12.1 Å². The van der Waals surface area contributed by atoms with E-state index in [1.54, 1.807) is 0 Å². The quantitative estimate of drug-likeness (QED) is 0.726. The second-order valence-corrected chi connectivity index (χ2v) is 5.05. The Labute approximate surface area is 104 Å². The lowest BCUT2D eigenvalue weighted by Gasteiger charge is -2.33. The largest absolute Gasteiger partial charge is 0.481 e. The maximum absolute atomic E-state index is 10.4. The van der Waals surface area contributed by atoms with Gasteiger partial charge in [-0.1, -0.05) is 12.8 Å². The number of likely N-dealkylation sites (tertiary alicyclic amines) is 1. The molecule has 1 atom stereocenters. The molecule has 4 heteroatoms. The minimum atomic E-state index is -0.786. The van der Waals surface area contributed by atoms with Crippen LogP contribution in [0.15, 0.2) is 0 Å². The van der Waals surface area contributed by atoms with Crippen LogP contribution in [0.1, 0.15) is 46.0 Å². The Balaban J connectivity index is 2.33. The normalized spacial score (nSPS) is 22.6. The van der Waals surface area contributed by atoms with Crippen LogP contribution in [-0.2, 0) is 9.53 Å². The van der Waals surface area contributed by atoms with Gasteiger partial charge in [-0.25, -0.2) is 0 Å². The smallest absolute Gasteiger partial charge is 0.305 e. The van der Waals surface area contributed by atoms with Gasteiger partial charge in [-0.05, 0) is 33.2 Å². The van der Waals surface area contributed by atoms with E-state index in [-0.39, 0.29) is 6.42 Å². The van der Waals surface area contributed by atoms with Gasteiger partial charge in [0.25, 0.3) is 0 Å². The number of carboxylic acid groups (broad SMARTS) is 1. The summed E-state index contributed by atoms with van der Waals surface area (Å²) in [6.07, 6.45) is 5.11. The van der Waals surface area contributed by atoms with Gasteiger partial charge >= 0.3 is 5.97 Å². The summed E-state index contributed by atoms with van der Waals surface area (Å²) in [6, 6.07) is 1.01. The fourth-order valence-electron chi connectivity index (χ4n) is 2.44. The lowest BCUT2D eigenvalue weighted by molar-refractivity contribution is -0.138. The second kappa shape index (κ2) is 7.67. The molecule has 1 aliphatic heterocycles. The topological polar surface area (TPSA) is 49.8 Å². The van der Waals surface area contributed by atoms with Gasteiger partial charge in [0.05, 0.1) is 19.6 Å². The SMILES string of the molecule is CC(C)N1CCCCCC1COCCC(=O)O. The summed E-state index contributed by atoms with van der Waals surface area (Å²) in [7, 11) is 0. The fraction of sp³-hybridized carbons (Fsp3) is 0.923. The van der Waals surface area contributed by atoms with E-state index in [0.29, 0.717) is 25.3 Å². The van der Waals surface area contributed by atoms with Crippen molar-refractivity contribution >= 4 is 5.97 Å². The van der Waals surface area contributed by atoms with E-state index < -0.39 is 5.97 Å². The second-order valence-electron chi connectivity index (χ2n) is 5.05. The van der Waals surface area contributed by atoms with E-state index in [1.165, 1.54) is 25.7 Å². The highest BCUT2D eigenvalue weighted by atomic mass is 16.5. The molecule has 0 radical (unpaired) electrons. The number of ether oxygens (including phenoxy) is 1. The van der Waals surface area contributed by atoms with Crippen molar-refractivity contribution in [3.63, 3.8) is 0 Å². The van der Waals surface area contributed by atoms with E-state index in [4.69, 9.17) is 9.84 Å². The van der Waals surface area contributed by atoms with E-state index in [2.05, 4.69) is 18.7 Å². The van der Waals surface area contributed by atoms with Crippen LogP contribution in [0, 0.1) is 0 Å². The molecule has 0 spiro atoms. The molecule has 1 heterocycles. The first-order chi connectivity index (χ1) is 8.11. The van der Waals surface area contributed by atoms with E-state index in [1.807, 2.05) is 0 Å². The van der Waals surface area contributed by atoms with Crippen molar-refractivity contribution in [3.05, 3.63) is 0 Å². The molecule has 1 N–H and O–H groups in total. The minimum absolute atomic E-state index is 0.106. The van der Waals surface area contributed by atoms with E-state index in [9.17, 15) is 4.79 Å². The van der Waals surface area contributed by atoms with Gasteiger partial charge in [0.1, 0.15) is 0 Å². The van der Waals surface area contributed by atoms with Crippen LogP contribution in [0.25, 0.3) is 0 Å². The highest BCUT2D eigenvalue weighted by molar-refractivity contribution is 5.66. The predicted octanol–water partition coefficient (Wildman–Crippen LogP) is 2.13. The number of hydrogen-bond donors (Lipinski definition) is 1. The summed E-state index contributed by atoms with van der Waals surface area (Å²) in [5, 5.41) is 8.55. The molecule has 1 unspecified atom stereocenters. The molecule has 0 bridgehead atoms. The Morgan fingerprint density at radius 1 is 1.41 bits per heavy atom. The zero-order valence-electron chi connectivity index (χ0n) is 11.0. The van der Waals surface area contributed by atoms with Crippen molar-refractivity contribution in [3.8, 4) is 0 Å². The average molecular weight is 243 g/mol. The van der Waals surface area contributed by atoms with Crippen LogP contribution in [0.2, 0.25) is 0 Å². The van der Waals surface area contributed by atoms with Crippen molar-refractivity contribution in [1.29, 1.82) is 0 Å². The molecular weight excluding hydrogens is 218 g/mol. The summed E-state index contributed by atoms with van der Waals surface area (Å²) in [4.78, 5) is 12.9. The van der Waals surface area contributed by atoms with Crippen molar-refractivity contribution in [2.45, 2.75) is 58.0 Å². The molecule has 100 valence electrons. The molecule has 0 saturated carbocycles. The van der Waals surface area contributed by atoms with Crippen LogP contribution >= 0.6 is 0 Å². The molecule has 1 rings (SSSR count). The molecule has 1 saturated heterocycles. The lowest BCUT2D eigenvalue weighted by Crippen LogP contribution is -2.42. The molecule has 0 aliphatic carbocycles. The number of hydrogen-bond acceptors (Lipinski definition) is 3. The molecule has 0 amide bonds.